The van der Waals surface area contributed by atoms with Gasteiger partial charge in [0.1, 0.15) is 9.90 Å². The van der Waals surface area contributed by atoms with E-state index in [4.69, 9.17) is 5.73 Å². The molecule has 3 N–H and O–H groups in total. The highest BCUT2D eigenvalue weighted by Gasteiger charge is 2.40. The third-order valence-electron chi connectivity index (χ3n) is 2.93. The first-order valence-electron chi connectivity index (χ1n) is 5.84. The smallest absolute Gasteiger partial charge is 0.187 e. The van der Waals surface area contributed by atoms with Crippen molar-refractivity contribution in [3.8, 4) is 0 Å². The molecule has 8 heteroatoms. The molecule has 2 aromatic heterocycles. The number of nitrogens with zero attached hydrogens (tertiary/aromatic N) is 1. The van der Waals surface area contributed by atoms with E-state index >= 15 is 0 Å². The second-order valence-corrected chi connectivity index (χ2v) is 8.37. The van der Waals surface area contributed by atoms with E-state index < -0.39 is 9.84 Å². The summed E-state index contributed by atoms with van der Waals surface area (Å²) in [6.45, 7) is 0.590. The topological polar surface area (TPSA) is 85.1 Å². The van der Waals surface area contributed by atoms with E-state index in [2.05, 4.69) is 9.69 Å². The zero-order valence-electron chi connectivity index (χ0n) is 10.00. The Kier molecular flexibility index (Phi) is 3.23. The molecule has 19 heavy (non-hydrogen) atoms. The van der Waals surface area contributed by atoms with Crippen LogP contribution in [0.1, 0.15) is 17.7 Å². The number of nitrogens with one attached hydrogen (secondary N) is 1. The van der Waals surface area contributed by atoms with Crippen molar-refractivity contribution < 1.29 is 8.42 Å². The lowest BCUT2D eigenvalue weighted by atomic mass is 10.4. The molecule has 0 saturated heterocycles. The van der Waals surface area contributed by atoms with Gasteiger partial charge in [-0.3, -0.25) is 0 Å². The molecule has 1 saturated carbocycles. The minimum absolute atomic E-state index is 0.116. The maximum Gasteiger partial charge on any atom is 0.187 e. The fraction of sp³-hybridized carbons (Fsp3) is 0.364. The van der Waals surface area contributed by atoms with Crippen molar-refractivity contribution in [2.24, 2.45) is 0 Å². The van der Waals surface area contributed by atoms with Gasteiger partial charge in [0, 0.05) is 4.88 Å². The number of aromatic nitrogens is 1. The average molecular weight is 315 g/mol. The average Bonchev–Trinajstić information content (AvgIpc) is 2.99. The Morgan fingerprint density at radius 1 is 1.47 bits per heavy atom. The Labute approximate surface area is 119 Å². The highest BCUT2D eigenvalue weighted by atomic mass is 32.2. The molecule has 1 aliphatic carbocycles. The van der Waals surface area contributed by atoms with E-state index in [1.54, 1.807) is 11.3 Å². The molecule has 0 amide bonds. The quantitative estimate of drug-likeness (QED) is 0.884. The van der Waals surface area contributed by atoms with E-state index in [0.717, 1.165) is 29.3 Å². The zero-order chi connectivity index (χ0) is 13.5. The molecule has 102 valence electrons. The third-order valence-corrected chi connectivity index (χ3v) is 7.08. The zero-order valence-corrected chi connectivity index (χ0v) is 12.4. The summed E-state index contributed by atoms with van der Waals surface area (Å²) in [5.74, 6) is 0.116. The summed E-state index contributed by atoms with van der Waals surface area (Å²) in [7, 11) is -3.31. The first-order valence-corrected chi connectivity index (χ1v) is 9.04. The first-order chi connectivity index (χ1) is 9.09. The van der Waals surface area contributed by atoms with Crippen LogP contribution in [0.5, 0.6) is 0 Å². The number of anilines is 2. The van der Waals surface area contributed by atoms with E-state index in [1.165, 1.54) is 0 Å². The van der Waals surface area contributed by atoms with Crippen molar-refractivity contribution in [3.05, 3.63) is 22.4 Å². The van der Waals surface area contributed by atoms with Gasteiger partial charge >= 0.3 is 0 Å². The Bertz CT molecular complexity index is 672. The number of hydrogen-bond donors (Lipinski definition) is 2. The Morgan fingerprint density at radius 2 is 2.26 bits per heavy atom. The van der Waals surface area contributed by atoms with Gasteiger partial charge < -0.3 is 11.1 Å². The van der Waals surface area contributed by atoms with Crippen LogP contribution < -0.4 is 11.1 Å². The summed E-state index contributed by atoms with van der Waals surface area (Å²) in [5, 5.41) is 5.40. The molecule has 0 bridgehead atoms. The van der Waals surface area contributed by atoms with E-state index in [9.17, 15) is 8.42 Å². The van der Waals surface area contributed by atoms with Crippen molar-refractivity contribution in [1.29, 1.82) is 0 Å². The summed E-state index contributed by atoms with van der Waals surface area (Å²) >= 11 is 2.73. The van der Waals surface area contributed by atoms with Crippen molar-refractivity contribution in [1.82, 2.24) is 4.37 Å². The van der Waals surface area contributed by atoms with Crippen LogP contribution in [0.3, 0.4) is 0 Å². The second-order valence-electron chi connectivity index (χ2n) is 4.40. The molecule has 2 aromatic rings. The van der Waals surface area contributed by atoms with Crippen molar-refractivity contribution >= 4 is 43.5 Å². The van der Waals surface area contributed by atoms with Gasteiger partial charge in [0.25, 0.3) is 0 Å². The van der Waals surface area contributed by atoms with Crippen molar-refractivity contribution in [2.45, 2.75) is 29.5 Å². The van der Waals surface area contributed by atoms with Gasteiger partial charge in [-0.05, 0) is 35.8 Å². The molecule has 1 fully saturated rings. The molecule has 0 aliphatic heterocycles. The highest BCUT2D eigenvalue weighted by Crippen LogP contribution is 2.41. The minimum Gasteiger partial charge on any atom is -0.382 e. The van der Waals surface area contributed by atoms with Gasteiger partial charge in [-0.1, -0.05) is 6.07 Å². The highest BCUT2D eigenvalue weighted by molar-refractivity contribution is 7.92. The van der Waals surface area contributed by atoms with Crippen LogP contribution in [0, 0.1) is 0 Å². The van der Waals surface area contributed by atoms with Gasteiger partial charge in [0.05, 0.1) is 11.8 Å². The third kappa shape index (κ3) is 2.47. The maximum atomic E-state index is 12.3. The number of rotatable bonds is 5. The Morgan fingerprint density at radius 3 is 2.89 bits per heavy atom. The number of hydrogen-bond acceptors (Lipinski definition) is 7. The number of nitrogen functional groups attached to an aromatic ring is 1. The maximum absolute atomic E-state index is 12.3. The minimum atomic E-state index is -3.31. The number of nitrogens with two attached hydrogens (primary N) is 1. The molecule has 2 heterocycles. The molecular formula is C11H13N3O2S3. The number of sulfone groups is 1. The Hall–Kier alpha value is -1.12. The second kappa shape index (κ2) is 4.77. The van der Waals surface area contributed by atoms with Crippen molar-refractivity contribution in [3.63, 3.8) is 0 Å². The molecule has 0 radical (unpaired) electrons. The lowest BCUT2D eigenvalue weighted by molar-refractivity contribution is 0.595. The fourth-order valence-corrected chi connectivity index (χ4v) is 5.33. The monoisotopic (exact) mass is 315 g/mol. The molecule has 3 rings (SSSR count). The van der Waals surface area contributed by atoms with E-state index in [-0.39, 0.29) is 16.0 Å². The van der Waals surface area contributed by atoms with Gasteiger partial charge in [-0.2, -0.15) is 4.37 Å². The predicted molar refractivity (Wildman–Crippen MR) is 78.4 cm³/mol. The SMILES string of the molecule is Nc1nsc(NCc2cccs2)c1S(=O)(=O)C1CC1. The Balaban J connectivity index is 1.86. The first kappa shape index (κ1) is 12.9. The van der Waals surface area contributed by atoms with Crippen LogP contribution >= 0.6 is 22.9 Å². The molecule has 0 atom stereocenters. The van der Waals surface area contributed by atoms with Crippen LogP contribution in [0.25, 0.3) is 0 Å². The standard InChI is InChI=1S/C11H13N3O2S3/c12-10-9(19(15,16)8-3-4-8)11(18-14-10)13-6-7-2-1-5-17-7/h1-2,5,8,13H,3-4,6H2,(H2,12,14). The summed E-state index contributed by atoms with van der Waals surface area (Å²) < 4.78 is 28.6. The normalized spacial score (nSPS) is 15.6. The summed E-state index contributed by atoms with van der Waals surface area (Å²) in [4.78, 5) is 1.33. The predicted octanol–water partition coefficient (Wildman–Crippen LogP) is 2.33. The lowest BCUT2D eigenvalue weighted by Gasteiger charge is -2.06. The van der Waals surface area contributed by atoms with Crippen LogP contribution in [0.2, 0.25) is 0 Å². The molecule has 5 nitrogen and oxygen atoms in total. The molecule has 1 aliphatic rings. The summed E-state index contributed by atoms with van der Waals surface area (Å²) in [6.07, 6.45) is 1.45. The van der Waals surface area contributed by atoms with E-state index in [1.807, 2.05) is 17.5 Å². The molecule has 0 spiro atoms. The van der Waals surface area contributed by atoms with Gasteiger partial charge in [-0.25, -0.2) is 8.42 Å². The fourth-order valence-electron chi connectivity index (χ4n) is 1.81. The lowest BCUT2D eigenvalue weighted by Crippen LogP contribution is -2.11. The van der Waals surface area contributed by atoms with Gasteiger partial charge in [0.2, 0.25) is 0 Å². The summed E-state index contributed by atoms with van der Waals surface area (Å²) in [5.41, 5.74) is 5.72. The van der Waals surface area contributed by atoms with Crippen molar-refractivity contribution in [2.75, 3.05) is 11.1 Å². The number of thiophene rings is 1. The van der Waals surface area contributed by atoms with Gasteiger partial charge in [-0.15, -0.1) is 11.3 Å². The molecular weight excluding hydrogens is 302 g/mol. The van der Waals surface area contributed by atoms with Crippen LogP contribution in [-0.2, 0) is 16.4 Å². The van der Waals surface area contributed by atoms with E-state index in [0.29, 0.717) is 11.5 Å². The molecule has 0 unspecified atom stereocenters. The van der Waals surface area contributed by atoms with Gasteiger partial charge in [0.15, 0.2) is 15.7 Å². The van der Waals surface area contributed by atoms with Crippen LogP contribution in [-0.4, -0.2) is 18.0 Å². The largest absolute Gasteiger partial charge is 0.382 e. The van der Waals surface area contributed by atoms with Crippen LogP contribution in [0.15, 0.2) is 22.4 Å². The molecule has 0 aromatic carbocycles. The van der Waals surface area contributed by atoms with Crippen LogP contribution in [0.4, 0.5) is 10.8 Å². The summed E-state index contributed by atoms with van der Waals surface area (Å²) in [6, 6.07) is 3.96.